The van der Waals surface area contributed by atoms with Crippen molar-refractivity contribution >= 4 is 22.4 Å². The first-order valence-corrected chi connectivity index (χ1v) is 9.93. The number of benzene rings is 1. The van der Waals surface area contributed by atoms with Crippen LogP contribution in [-0.2, 0) is 14.8 Å². The van der Waals surface area contributed by atoms with Gasteiger partial charge in [-0.05, 0) is 38.1 Å². The smallest absolute Gasteiger partial charge is 0.243 e. The number of piperidine rings is 1. The predicted molar refractivity (Wildman–Crippen MR) is 102 cm³/mol. The highest BCUT2D eigenvalue weighted by Gasteiger charge is 2.33. The summed E-state index contributed by atoms with van der Waals surface area (Å²) in [5.41, 5.74) is -0.0302. The van der Waals surface area contributed by atoms with Crippen LogP contribution in [0.3, 0.4) is 0 Å². The van der Waals surface area contributed by atoms with Gasteiger partial charge in [0, 0.05) is 19.1 Å². The molecule has 2 heterocycles. The number of aromatic nitrogens is 2. The fourth-order valence-corrected chi connectivity index (χ4v) is 4.27. The zero-order valence-electron chi connectivity index (χ0n) is 15.0. The van der Waals surface area contributed by atoms with E-state index in [9.17, 15) is 12.8 Å². The lowest BCUT2D eigenvalue weighted by molar-refractivity contribution is 0.0577. The summed E-state index contributed by atoms with van der Waals surface area (Å²) in [6, 6.07) is 6.07. The lowest BCUT2D eigenvalue weighted by atomic mass is 9.80. The van der Waals surface area contributed by atoms with Gasteiger partial charge in [-0.25, -0.2) is 22.2 Å². The molecule has 0 spiro atoms. The highest BCUT2D eigenvalue weighted by molar-refractivity contribution is 7.89. The number of rotatable bonds is 7. The predicted octanol–water partition coefficient (Wildman–Crippen LogP) is 1.73. The van der Waals surface area contributed by atoms with Crippen molar-refractivity contribution in [3.63, 3.8) is 0 Å². The van der Waals surface area contributed by atoms with E-state index in [1.807, 2.05) is 0 Å². The Kier molecular flexibility index (Phi) is 7.35. The molecule has 0 saturated carbocycles. The van der Waals surface area contributed by atoms with E-state index in [-0.39, 0.29) is 34.9 Å². The Morgan fingerprint density at radius 2 is 2.04 bits per heavy atom. The van der Waals surface area contributed by atoms with Crippen molar-refractivity contribution in [2.45, 2.75) is 17.7 Å². The van der Waals surface area contributed by atoms with Crippen LogP contribution in [0.25, 0.3) is 5.69 Å². The summed E-state index contributed by atoms with van der Waals surface area (Å²) in [5.74, 6) is -0.471. The van der Waals surface area contributed by atoms with Crippen LogP contribution in [0.2, 0.25) is 0 Å². The Balaban J connectivity index is 0.00000261. The number of nitrogens with one attached hydrogen (secondary N) is 2. The molecular weight excluding hydrogens is 395 g/mol. The van der Waals surface area contributed by atoms with E-state index in [4.69, 9.17) is 4.74 Å². The number of hydrogen-bond acceptors (Lipinski definition) is 5. The van der Waals surface area contributed by atoms with Gasteiger partial charge in [0.1, 0.15) is 16.4 Å². The van der Waals surface area contributed by atoms with Gasteiger partial charge >= 0.3 is 0 Å². The molecule has 1 saturated heterocycles. The molecule has 0 atom stereocenters. The van der Waals surface area contributed by atoms with Crippen molar-refractivity contribution < 1.29 is 17.5 Å². The highest BCUT2D eigenvalue weighted by atomic mass is 35.5. The quantitative estimate of drug-likeness (QED) is 0.715. The van der Waals surface area contributed by atoms with Gasteiger partial charge in [0.2, 0.25) is 10.0 Å². The van der Waals surface area contributed by atoms with Gasteiger partial charge in [-0.3, -0.25) is 0 Å². The lowest BCUT2D eigenvalue weighted by Crippen LogP contribution is -2.47. The average Bonchev–Trinajstić information content (AvgIpc) is 3.13. The van der Waals surface area contributed by atoms with Crippen LogP contribution in [0.5, 0.6) is 0 Å². The van der Waals surface area contributed by atoms with Gasteiger partial charge in [0.25, 0.3) is 0 Å². The average molecular weight is 419 g/mol. The molecule has 7 nitrogen and oxygen atoms in total. The van der Waals surface area contributed by atoms with E-state index in [0.717, 1.165) is 25.9 Å². The van der Waals surface area contributed by atoms with E-state index in [1.54, 1.807) is 19.2 Å². The third-order valence-electron chi connectivity index (χ3n) is 4.72. The summed E-state index contributed by atoms with van der Waals surface area (Å²) in [6.07, 6.45) is 4.20. The second-order valence-corrected chi connectivity index (χ2v) is 8.35. The maximum Gasteiger partial charge on any atom is 0.243 e. The summed E-state index contributed by atoms with van der Waals surface area (Å²) in [5, 5.41) is 7.26. The van der Waals surface area contributed by atoms with Crippen LogP contribution in [0.4, 0.5) is 4.39 Å². The first-order valence-electron chi connectivity index (χ1n) is 8.45. The zero-order chi connectivity index (χ0) is 18.6. The molecule has 3 rings (SSSR count). The van der Waals surface area contributed by atoms with Crippen molar-refractivity contribution in [2.75, 3.05) is 33.4 Å². The molecule has 1 aliphatic rings. The Bertz CT molecular complexity index is 848. The van der Waals surface area contributed by atoms with Crippen molar-refractivity contribution in [3.05, 3.63) is 42.5 Å². The van der Waals surface area contributed by atoms with Gasteiger partial charge in [0.15, 0.2) is 0 Å². The Morgan fingerprint density at radius 3 is 2.70 bits per heavy atom. The van der Waals surface area contributed by atoms with E-state index < -0.39 is 15.8 Å². The normalized spacial score (nSPS) is 16.7. The molecule has 0 unspecified atom stereocenters. The Morgan fingerprint density at radius 1 is 1.33 bits per heavy atom. The van der Waals surface area contributed by atoms with Crippen LogP contribution >= 0.6 is 12.4 Å². The highest BCUT2D eigenvalue weighted by Crippen LogP contribution is 2.29. The fourth-order valence-electron chi connectivity index (χ4n) is 3.18. The van der Waals surface area contributed by atoms with Gasteiger partial charge in [-0.1, -0.05) is 12.1 Å². The minimum atomic E-state index is -3.75. The van der Waals surface area contributed by atoms with Crippen LogP contribution in [0.1, 0.15) is 12.8 Å². The van der Waals surface area contributed by atoms with E-state index >= 15 is 0 Å². The summed E-state index contributed by atoms with van der Waals surface area (Å²) < 4.78 is 48.3. The van der Waals surface area contributed by atoms with E-state index in [2.05, 4.69) is 15.1 Å². The van der Waals surface area contributed by atoms with Gasteiger partial charge in [0.05, 0.1) is 19.0 Å². The number of hydrogen-bond donors (Lipinski definition) is 2. The Labute approximate surface area is 164 Å². The third-order valence-corrected chi connectivity index (χ3v) is 6.08. The number of nitrogens with zero attached hydrogens (tertiary/aromatic N) is 2. The lowest BCUT2D eigenvalue weighted by Gasteiger charge is -2.37. The first kappa shape index (κ1) is 21.8. The summed E-state index contributed by atoms with van der Waals surface area (Å²) in [7, 11) is -2.13. The molecule has 0 aliphatic carbocycles. The molecule has 1 aromatic carbocycles. The van der Waals surface area contributed by atoms with Crippen LogP contribution < -0.4 is 10.0 Å². The minimum absolute atomic E-state index is 0. The molecule has 2 aromatic rings. The summed E-state index contributed by atoms with van der Waals surface area (Å²) in [6.45, 7) is 2.44. The van der Waals surface area contributed by atoms with E-state index in [0.29, 0.717) is 6.61 Å². The number of sulfonamides is 1. The maximum absolute atomic E-state index is 13.9. The van der Waals surface area contributed by atoms with Crippen molar-refractivity contribution in [1.29, 1.82) is 0 Å². The Hall–Kier alpha value is -1.52. The fraction of sp³-hybridized carbons (Fsp3) is 0.471. The van der Waals surface area contributed by atoms with Gasteiger partial charge < -0.3 is 10.1 Å². The number of para-hydroxylation sites is 1. The van der Waals surface area contributed by atoms with Crippen molar-refractivity contribution in [2.24, 2.45) is 5.41 Å². The van der Waals surface area contributed by atoms with Crippen LogP contribution in [0.15, 0.2) is 41.6 Å². The number of ether oxygens (including phenoxy) is 1. The molecular formula is C17H24ClFN4O3S. The molecule has 0 bridgehead atoms. The molecule has 150 valence electrons. The third kappa shape index (κ3) is 5.05. The van der Waals surface area contributed by atoms with E-state index in [1.165, 1.54) is 29.2 Å². The van der Waals surface area contributed by atoms with Gasteiger partial charge in [-0.2, -0.15) is 5.10 Å². The molecule has 1 aliphatic heterocycles. The molecule has 0 radical (unpaired) electrons. The summed E-state index contributed by atoms with van der Waals surface area (Å²) in [4.78, 5) is 0.00209. The second-order valence-electron chi connectivity index (χ2n) is 6.58. The molecule has 0 amide bonds. The largest absolute Gasteiger partial charge is 0.384 e. The van der Waals surface area contributed by atoms with Crippen molar-refractivity contribution in [1.82, 2.24) is 19.8 Å². The molecule has 27 heavy (non-hydrogen) atoms. The molecule has 1 fully saturated rings. The van der Waals surface area contributed by atoms with Crippen LogP contribution in [-0.4, -0.2) is 51.5 Å². The minimum Gasteiger partial charge on any atom is -0.384 e. The van der Waals surface area contributed by atoms with Crippen LogP contribution in [0, 0.1) is 11.2 Å². The zero-order valence-corrected chi connectivity index (χ0v) is 16.7. The molecule has 10 heteroatoms. The standard InChI is InChI=1S/C17H23FN4O3S.ClH/c1-25-13-17(6-8-19-9-7-17)12-21-26(23,24)14-10-20-22(11-14)16-5-3-2-4-15(16)18;/h2-5,10-11,19,21H,6-9,12-13H2,1H3;1H. The van der Waals surface area contributed by atoms with Gasteiger partial charge in [-0.15, -0.1) is 12.4 Å². The maximum atomic E-state index is 13.9. The van der Waals surface area contributed by atoms with Crippen molar-refractivity contribution in [3.8, 4) is 5.69 Å². The number of halogens is 2. The molecule has 2 N–H and O–H groups in total. The topological polar surface area (TPSA) is 85.2 Å². The molecule has 1 aromatic heterocycles. The SMILES string of the molecule is COCC1(CNS(=O)(=O)c2cnn(-c3ccccc3F)c2)CCNCC1.Cl. The monoisotopic (exact) mass is 418 g/mol. The number of methoxy groups -OCH3 is 1. The summed E-state index contributed by atoms with van der Waals surface area (Å²) >= 11 is 0. The second kappa shape index (κ2) is 9.11. The first-order chi connectivity index (χ1) is 12.5.